The number of hydrogen-bond donors (Lipinski definition) is 3. The highest BCUT2D eigenvalue weighted by Crippen LogP contribution is 2.27. The van der Waals surface area contributed by atoms with Crippen LogP contribution in [0.1, 0.15) is 40.1 Å². The van der Waals surface area contributed by atoms with Crippen LogP contribution in [0.4, 0.5) is 5.69 Å². The topological polar surface area (TPSA) is 95.9 Å². The number of carboxylic acids is 1. The van der Waals surface area contributed by atoms with Crippen molar-refractivity contribution in [1.29, 1.82) is 0 Å². The van der Waals surface area contributed by atoms with Gasteiger partial charge in [-0.2, -0.15) is 0 Å². The van der Waals surface area contributed by atoms with E-state index in [1.807, 2.05) is 13.8 Å². The molecule has 0 saturated heterocycles. The van der Waals surface area contributed by atoms with Crippen molar-refractivity contribution in [2.45, 2.75) is 20.8 Å². The van der Waals surface area contributed by atoms with Crippen molar-refractivity contribution in [2.75, 3.05) is 11.9 Å². The van der Waals surface area contributed by atoms with Crippen LogP contribution in [-0.4, -0.2) is 28.7 Å². The molecule has 132 valence electrons. The molecule has 25 heavy (non-hydrogen) atoms. The Kier molecular flexibility index (Phi) is 5.64. The van der Waals surface area contributed by atoms with Gasteiger partial charge >= 0.3 is 5.97 Å². The van der Waals surface area contributed by atoms with Crippen LogP contribution in [0.3, 0.4) is 0 Å². The Labute approximate surface area is 146 Å². The first-order valence-corrected chi connectivity index (χ1v) is 7.89. The average Bonchev–Trinajstić information content (AvgIpc) is 2.56. The molecule has 6 nitrogen and oxygen atoms in total. The fourth-order valence-electron chi connectivity index (χ4n) is 2.21. The number of carboxylic acid groups (broad SMARTS) is 1. The summed E-state index contributed by atoms with van der Waals surface area (Å²) in [6, 6.07) is 9.49. The normalized spacial score (nSPS) is 10.6. The molecule has 2 aromatic rings. The molecule has 0 aliphatic heterocycles. The van der Waals surface area contributed by atoms with Gasteiger partial charge in [0.05, 0.1) is 6.61 Å². The number of phenols is 1. The molecule has 0 aromatic heterocycles. The minimum atomic E-state index is -1.26. The quantitative estimate of drug-likeness (QED) is 0.695. The maximum absolute atomic E-state index is 12.4. The van der Waals surface area contributed by atoms with E-state index in [1.165, 1.54) is 12.1 Å². The van der Waals surface area contributed by atoms with E-state index >= 15 is 0 Å². The zero-order valence-corrected chi connectivity index (χ0v) is 14.4. The number of ether oxygens (including phenoxy) is 1. The summed E-state index contributed by atoms with van der Waals surface area (Å²) >= 11 is 0. The number of carbonyl (C=O) groups is 2. The lowest BCUT2D eigenvalue weighted by Gasteiger charge is -2.11. The van der Waals surface area contributed by atoms with E-state index in [1.54, 1.807) is 31.2 Å². The summed E-state index contributed by atoms with van der Waals surface area (Å²) in [5.41, 5.74) is 0.795. The molecule has 0 bridgehead atoms. The number of rotatable bonds is 6. The van der Waals surface area contributed by atoms with Crippen molar-refractivity contribution < 1.29 is 24.5 Å². The summed E-state index contributed by atoms with van der Waals surface area (Å²) in [6.07, 6.45) is 0. The van der Waals surface area contributed by atoms with Crippen LogP contribution in [0.25, 0.3) is 0 Å². The Balaban J connectivity index is 2.20. The van der Waals surface area contributed by atoms with E-state index in [0.29, 0.717) is 35.1 Å². The number of aryl methyl sites for hydroxylation is 1. The van der Waals surface area contributed by atoms with Crippen molar-refractivity contribution in [2.24, 2.45) is 5.92 Å². The maximum Gasteiger partial charge on any atom is 0.339 e. The van der Waals surface area contributed by atoms with E-state index in [0.717, 1.165) is 0 Å². The summed E-state index contributed by atoms with van der Waals surface area (Å²) in [5, 5.41) is 21.5. The molecule has 0 radical (unpaired) electrons. The second kappa shape index (κ2) is 7.70. The minimum absolute atomic E-state index is 0.260. The van der Waals surface area contributed by atoms with Gasteiger partial charge in [-0.05, 0) is 48.7 Å². The lowest BCUT2D eigenvalue weighted by molar-refractivity contribution is 0.0693. The molecule has 0 saturated carbocycles. The molecule has 0 unspecified atom stereocenters. The molecule has 0 heterocycles. The highest BCUT2D eigenvalue weighted by Gasteiger charge is 2.15. The molecule has 0 spiro atoms. The molecule has 0 fully saturated rings. The fourth-order valence-corrected chi connectivity index (χ4v) is 2.21. The van der Waals surface area contributed by atoms with Crippen molar-refractivity contribution in [1.82, 2.24) is 0 Å². The van der Waals surface area contributed by atoms with Gasteiger partial charge in [0.15, 0.2) is 0 Å². The fraction of sp³-hybridized carbons (Fsp3) is 0.263. The molecule has 1 amide bonds. The number of amides is 1. The standard InChI is InChI=1S/C19H21NO5/c1-11(2)10-25-15-6-4-5-13(8-15)18(22)20-14-7-12(3)17(21)16(9-14)19(23)24/h4-9,11,21H,10H2,1-3H3,(H,20,22)(H,23,24). The van der Waals surface area contributed by atoms with E-state index in [-0.39, 0.29) is 11.3 Å². The molecule has 6 heteroatoms. The molecule has 0 aliphatic carbocycles. The predicted molar refractivity (Wildman–Crippen MR) is 94.5 cm³/mol. The molecule has 3 N–H and O–H groups in total. The number of carbonyl (C=O) groups excluding carboxylic acids is 1. The predicted octanol–water partition coefficient (Wildman–Crippen LogP) is 3.69. The molecule has 2 rings (SSSR count). The van der Waals surface area contributed by atoms with Crippen LogP contribution < -0.4 is 10.1 Å². The number of hydrogen-bond acceptors (Lipinski definition) is 4. The third-order valence-corrected chi connectivity index (χ3v) is 3.47. The zero-order chi connectivity index (χ0) is 18.6. The first-order chi connectivity index (χ1) is 11.8. The highest BCUT2D eigenvalue weighted by molar-refractivity contribution is 6.05. The molecule has 0 aliphatic rings. The number of aromatic carboxylic acids is 1. The SMILES string of the molecule is Cc1cc(NC(=O)c2cccc(OCC(C)C)c2)cc(C(=O)O)c1O. The second-order valence-corrected chi connectivity index (χ2v) is 6.18. The van der Waals surface area contributed by atoms with E-state index in [4.69, 9.17) is 9.84 Å². The van der Waals surface area contributed by atoms with Crippen LogP contribution in [0.15, 0.2) is 36.4 Å². The number of benzene rings is 2. The summed E-state index contributed by atoms with van der Waals surface area (Å²) < 4.78 is 5.60. The van der Waals surface area contributed by atoms with Gasteiger partial charge in [-0.15, -0.1) is 0 Å². The van der Waals surface area contributed by atoms with Crippen molar-refractivity contribution >= 4 is 17.6 Å². The lowest BCUT2D eigenvalue weighted by atomic mass is 10.1. The molecule has 2 aromatic carbocycles. The monoisotopic (exact) mass is 343 g/mol. The molecule has 0 atom stereocenters. The first kappa shape index (κ1) is 18.3. The van der Waals surface area contributed by atoms with Crippen LogP contribution >= 0.6 is 0 Å². The Bertz CT molecular complexity index is 798. The van der Waals surface area contributed by atoms with Crippen LogP contribution in [0.2, 0.25) is 0 Å². The summed E-state index contributed by atoms with van der Waals surface area (Å²) in [4.78, 5) is 23.6. The van der Waals surface area contributed by atoms with Crippen molar-refractivity contribution in [3.05, 3.63) is 53.1 Å². The van der Waals surface area contributed by atoms with Gasteiger partial charge in [-0.1, -0.05) is 19.9 Å². The first-order valence-electron chi connectivity index (χ1n) is 7.89. The largest absolute Gasteiger partial charge is 0.507 e. The third-order valence-electron chi connectivity index (χ3n) is 3.47. The van der Waals surface area contributed by atoms with Crippen LogP contribution in [0, 0.1) is 12.8 Å². The van der Waals surface area contributed by atoms with E-state index in [2.05, 4.69) is 5.32 Å². The van der Waals surface area contributed by atoms with Crippen molar-refractivity contribution in [3.63, 3.8) is 0 Å². The molecular weight excluding hydrogens is 322 g/mol. The third kappa shape index (κ3) is 4.73. The Morgan fingerprint density at radius 1 is 1.20 bits per heavy atom. The Morgan fingerprint density at radius 2 is 1.92 bits per heavy atom. The summed E-state index contributed by atoms with van der Waals surface area (Å²) in [5.74, 6) is -1.01. The van der Waals surface area contributed by atoms with Crippen LogP contribution in [-0.2, 0) is 0 Å². The number of anilines is 1. The maximum atomic E-state index is 12.4. The Hall–Kier alpha value is -3.02. The van der Waals surface area contributed by atoms with E-state index in [9.17, 15) is 14.7 Å². The zero-order valence-electron chi connectivity index (χ0n) is 14.4. The molecular formula is C19H21NO5. The van der Waals surface area contributed by atoms with Crippen molar-refractivity contribution in [3.8, 4) is 11.5 Å². The van der Waals surface area contributed by atoms with Gasteiger partial charge in [0.1, 0.15) is 17.1 Å². The number of aromatic hydroxyl groups is 1. The highest BCUT2D eigenvalue weighted by atomic mass is 16.5. The van der Waals surface area contributed by atoms with Gasteiger partial charge in [0.25, 0.3) is 5.91 Å². The van der Waals surface area contributed by atoms with E-state index < -0.39 is 11.9 Å². The average molecular weight is 343 g/mol. The smallest absolute Gasteiger partial charge is 0.339 e. The summed E-state index contributed by atoms with van der Waals surface area (Å²) in [6.45, 7) is 6.18. The minimum Gasteiger partial charge on any atom is -0.507 e. The second-order valence-electron chi connectivity index (χ2n) is 6.18. The van der Waals surface area contributed by atoms with Gasteiger partial charge in [0.2, 0.25) is 0 Å². The van der Waals surface area contributed by atoms with Gasteiger partial charge in [0, 0.05) is 11.3 Å². The van der Waals surface area contributed by atoms with Gasteiger partial charge in [-0.3, -0.25) is 4.79 Å². The Morgan fingerprint density at radius 3 is 2.56 bits per heavy atom. The lowest BCUT2D eigenvalue weighted by Crippen LogP contribution is -2.13. The van der Waals surface area contributed by atoms with Crippen LogP contribution in [0.5, 0.6) is 11.5 Å². The van der Waals surface area contributed by atoms with Gasteiger partial charge in [-0.25, -0.2) is 4.79 Å². The number of nitrogens with one attached hydrogen (secondary N) is 1. The van der Waals surface area contributed by atoms with Gasteiger partial charge < -0.3 is 20.3 Å². The summed E-state index contributed by atoms with van der Waals surface area (Å²) in [7, 11) is 0.